The van der Waals surface area contributed by atoms with Crippen LogP contribution in [0.25, 0.3) is 4.96 Å². The van der Waals surface area contributed by atoms with Gasteiger partial charge in [-0.3, -0.25) is 9.59 Å². The number of hydrogen-bond acceptors (Lipinski definition) is 6. The zero-order valence-electron chi connectivity index (χ0n) is 17.3. The molecule has 0 atom stereocenters. The minimum absolute atomic E-state index is 0.141. The zero-order valence-corrected chi connectivity index (χ0v) is 18.1. The molecule has 4 aromatic rings. The van der Waals surface area contributed by atoms with Crippen LogP contribution in [-0.2, 0) is 13.0 Å². The second-order valence-electron chi connectivity index (χ2n) is 7.17. The highest BCUT2D eigenvalue weighted by Gasteiger charge is 2.10. The van der Waals surface area contributed by atoms with Gasteiger partial charge in [0, 0.05) is 29.8 Å². The van der Waals surface area contributed by atoms with Crippen molar-refractivity contribution in [1.82, 2.24) is 14.6 Å². The van der Waals surface area contributed by atoms with E-state index in [-0.39, 0.29) is 18.1 Å². The van der Waals surface area contributed by atoms with Gasteiger partial charge in [-0.15, -0.1) is 0 Å². The number of aryl methyl sites for hydroxylation is 2. The number of nitrogens with one attached hydrogen (secondary N) is 1. The average molecular weight is 435 g/mol. The van der Waals surface area contributed by atoms with Crippen LogP contribution in [0.3, 0.4) is 0 Å². The number of benzene rings is 2. The number of nitrogens with zero attached hydrogens (tertiary/aromatic N) is 3. The lowest BCUT2D eigenvalue weighted by atomic mass is 10.1. The molecule has 0 aliphatic rings. The molecule has 0 fully saturated rings. The monoisotopic (exact) mass is 434 g/mol. The third-order valence-electron chi connectivity index (χ3n) is 4.56. The third-order valence-corrected chi connectivity index (χ3v) is 5.53. The number of aromatic nitrogens is 3. The fourth-order valence-electron chi connectivity index (χ4n) is 3.10. The first-order chi connectivity index (χ1) is 15.0. The summed E-state index contributed by atoms with van der Waals surface area (Å²) in [5.41, 5.74) is 2.55. The Labute approximate surface area is 183 Å². The van der Waals surface area contributed by atoms with Crippen LogP contribution in [0.15, 0.2) is 59.4 Å². The molecule has 7 nitrogen and oxygen atoms in total. The van der Waals surface area contributed by atoms with Crippen LogP contribution in [-0.4, -0.2) is 20.5 Å². The molecule has 158 valence electrons. The highest BCUT2D eigenvalue weighted by molar-refractivity contribution is 7.16. The smallest absolute Gasteiger partial charge is 0.275 e. The molecule has 2 aromatic heterocycles. The maximum Gasteiger partial charge on any atom is 0.275 e. The van der Waals surface area contributed by atoms with Gasteiger partial charge in [0.25, 0.3) is 11.5 Å². The Bertz CT molecular complexity index is 1300. The first-order valence-electron chi connectivity index (χ1n) is 10.0. The number of hydrogen-bond donors (Lipinski definition) is 1. The van der Waals surface area contributed by atoms with Crippen molar-refractivity contribution in [3.8, 4) is 5.75 Å². The minimum atomic E-state index is -0.221. The Morgan fingerprint density at radius 3 is 2.81 bits per heavy atom. The van der Waals surface area contributed by atoms with Crippen LogP contribution < -0.4 is 15.6 Å². The van der Waals surface area contributed by atoms with E-state index in [0.717, 1.165) is 23.4 Å². The van der Waals surface area contributed by atoms with Crippen LogP contribution in [0, 0.1) is 6.92 Å². The van der Waals surface area contributed by atoms with Gasteiger partial charge in [0.1, 0.15) is 17.4 Å². The fraction of sp³-hybridized carbons (Fsp3) is 0.217. The molecule has 2 aromatic carbocycles. The molecule has 2 heterocycles. The Kier molecular flexibility index (Phi) is 6.08. The van der Waals surface area contributed by atoms with Gasteiger partial charge in [-0.1, -0.05) is 42.0 Å². The normalized spacial score (nSPS) is 10.9. The summed E-state index contributed by atoms with van der Waals surface area (Å²) < 4.78 is 7.15. The van der Waals surface area contributed by atoms with Crippen LogP contribution >= 0.6 is 11.3 Å². The van der Waals surface area contributed by atoms with Crippen molar-refractivity contribution in [2.45, 2.75) is 33.3 Å². The van der Waals surface area contributed by atoms with Crippen molar-refractivity contribution in [2.75, 3.05) is 5.32 Å². The number of rotatable bonds is 7. The molecule has 0 radical (unpaired) electrons. The van der Waals surface area contributed by atoms with Crippen molar-refractivity contribution in [2.24, 2.45) is 0 Å². The Morgan fingerprint density at radius 2 is 2.00 bits per heavy atom. The van der Waals surface area contributed by atoms with Crippen LogP contribution in [0.4, 0.5) is 5.69 Å². The van der Waals surface area contributed by atoms with Gasteiger partial charge >= 0.3 is 0 Å². The molecule has 1 amide bonds. The van der Waals surface area contributed by atoms with Crippen molar-refractivity contribution >= 4 is 27.9 Å². The zero-order chi connectivity index (χ0) is 21.8. The summed E-state index contributed by atoms with van der Waals surface area (Å²) in [6, 6.07) is 16.0. The summed E-state index contributed by atoms with van der Waals surface area (Å²) in [5.74, 6) is 0.383. The predicted octanol–water partition coefficient (Wildman–Crippen LogP) is 4.24. The fourth-order valence-corrected chi connectivity index (χ4v) is 4.11. The van der Waals surface area contributed by atoms with E-state index in [2.05, 4.69) is 22.3 Å². The van der Waals surface area contributed by atoms with Crippen molar-refractivity contribution in [3.05, 3.63) is 86.8 Å². The Morgan fingerprint density at radius 1 is 1.16 bits per heavy atom. The van der Waals surface area contributed by atoms with Crippen molar-refractivity contribution in [3.63, 3.8) is 0 Å². The summed E-state index contributed by atoms with van der Waals surface area (Å²) in [6.07, 6.45) is 1.78. The van der Waals surface area contributed by atoms with E-state index < -0.39 is 0 Å². The molecule has 0 bridgehead atoms. The predicted molar refractivity (Wildman–Crippen MR) is 121 cm³/mol. The summed E-state index contributed by atoms with van der Waals surface area (Å²) in [6.45, 7) is 4.15. The highest BCUT2D eigenvalue weighted by Crippen LogP contribution is 2.20. The van der Waals surface area contributed by atoms with Crippen molar-refractivity contribution < 1.29 is 9.53 Å². The summed E-state index contributed by atoms with van der Waals surface area (Å²) >= 11 is 1.42. The molecule has 31 heavy (non-hydrogen) atoms. The molecule has 1 N–H and O–H groups in total. The molecule has 0 spiro atoms. The third kappa shape index (κ3) is 4.97. The van der Waals surface area contributed by atoms with Gasteiger partial charge in [0.2, 0.25) is 4.96 Å². The van der Waals surface area contributed by atoms with Crippen LogP contribution in [0.1, 0.15) is 40.0 Å². The molecule has 0 aliphatic heterocycles. The molecule has 0 saturated carbocycles. The number of carbonyl (C=O) groups excluding carboxylic acids is 1. The number of fused-ring (bicyclic) bond motifs is 1. The number of anilines is 1. The quantitative estimate of drug-likeness (QED) is 0.470. The second-order valence-corrected chi connectivity index (χ2v) is 8.21. The molecule has 4 rings (SSSR count). The Hall–Kier alpha value is -3.52. The maximum absolute atomic E-state index is 12.5. The van der Waals surface area contributed by atoms with Gasteiger partial charge in [-0.05, 0) is 37.6 Å². The standard InChI is InChI=1S/C23H22N4O3S/c1-3-6-20-26-27-21(28)13-18(25-23(27)31-20)14-30-19-10-5-9-17(12-19)24-22(29)16-8-4-7-15(2)11-16/h4-5,7-13H,3,6,14H2,1-2H3,(H,24,29). The van der Waals surface area contributed by atoms with E-state index >= 15 is 0 Å². The summed E-state index contributed by atoms with van der Waals surface area (Å²) in [7, 11) is 0. The van der Waals surface area contributed by atoms with E-state index in [9.17, 15) is 9.59 Å². The van der Waals surface area contributed by atoms with Crippen LogP contribution in [0.2, 0.25) is 0 Å². The second kappa shape index (κ2) is 9.09. The van der Waals surface area contributed by atoms with Crippen molar-refractivity contribution in [1.29, 1.82) is 0 Å². The Balaban J connectivity index is 1.45. The maximum atomic E-state index is 12.5. The molecular formula is C23H22N4O3S. The lowest BCUT2D eigenvalue weighted by Crippen LogP contribution is -2.16. The topological polar surface area (TPSA) is 85.6 Å². The first kappa shape index (κ1) is 20.7. The lowest BCUT2D eigenvalue weighted by Gasteiger charge is -2.09. The van der Waals surface area contributed by atoms with Gasteiger partial charge in [0.15, 0.2) is 0 Å². The molecular weight excluding hydrogens is 412 g/mol. The van der Waals surface area contributed by atoms with Gasteiger partial charge < -0.3 is 10.1 Å². The van der Waals surface area contributed by atoms with Gasteiger partial charge in [-0.2, -0.15) is 9.61 Å². The van der Waals surface area contributed by atoms with Crippen LogP contribution in [0.5, 0.6) is 5.75 Å². The molecule has 0 aliphatic carbocycles. The van der Waals surface area contributed by atoms with E-state index in [1.165, 1.54) is 21.9 Å². The highest BCUT2D eigenvalue weighted by atomic mass is 32.1. The van der Waals surface area contributed by atoms with E-state index in [1.807, 2.05) is 25.1 Å². The summed E-state index contributed by atoms with van der Waals surface area (Å²) in [5, 5.41) is 8.08. The average Bonchev–Trinajstić information content (AvgIpc) is 3.16. The largest absolute Gasteiger partial charge is 0.487 e. The van der Waals surface area contributed by atoms with Gasteiger partial charge in [0.05, 0.1) is 5.69 Å². The number of ether oxygens (including phenoxy) is 1. The van der Waals surface area contributed by atoms with Gasteiger partial charge in [-0.25, -0.2) is 4.98 Å². The summed E-state index contributed by atoms with van der Waals surface area (Å²) in [4.78, 5) is 29.9. The first-order valence-corrected chi connectivity index (χ1v) is 10.8. The molecule has 8 heteroatoms. The SMILES string of the molecule is CCCc1nn2c(=O)cc(COc3cccc(NC(=O)c4cccc(C)c4)c3)nc2s1. The van der Waals surface area contributed by atoms with E-state index in [0.29, 0.717) is 27.7 Å². The molecule has 0 saturated heterocycles. The number of amides is 1. The van der Waals surface area contributed by atoms with E-state index in [4.69, 9.17) is 4.74 Å². The number of carbonyl (C=O) groups is 1. The van der Waals surface area contributed by atoms with E-state index in [1.54, 1.807) is 30.3 Å². The lowest BCUT2D eigenvalue weighted by molar-refractivity contribution is 0.102. The minimum Gasteiger partial charge on any atom is -0.487 e. The molecule has 0 unspecified atom stereocenters.